The Morgan fingerprint density at radius 2 is 2.00 bits per heavy atom. The number of thioether (sulfide) groups is 1. The van der Waals surface area contributed by atoms with Crippen LogP contribution in [0.4, 0.5) is 0 Å². The van der Waals surface area contributed by atoms with Crippen LogP contribution in [0.25, 0.3) is 5.57 Å². The smallest absolute Gasteiger partial charge is 0.129 e. The molecular formula is C25H25ClN2S. The number of rotatable bonds is 6. The molecule has 0 unspecified atom stereocenters. The standard InChI is InChI=1S/C25H25ClN2S/c26-24-18-22(13-15-27-24)23-11-12-25(29-19-23)28-16-5-10-21(14-17-28)9-4-8-20-6-2-1-3-7-20/h1-3,6-7,10-11,13,15,18-19H,4-5,8-9,14,16-17H2. The highest BCUT2D eigenvalue weighted by atomic mass is 35.5. The van der Waals surface area contributed by atoms with E-state index in [0.29, 0.717) is 5.15 Å². The van der Waals surface area contributed by atoms with Gasteiger partial charge in [0.2, 0.25) is 0 Å². The fraction of sp³-hybridized carbons (Fsp3) is 0.280. The highest BCUT2D eigenvalue weighted by Gasteiger charge is 2.15. The van der Waals surface area contributed by atoms with Crippen LogP contribution in [0.2, 0.25) is 5.15 Å². The van der Waals surface area contributed by atoms with E-state index in [-0.39, 0.29) is 0 Å². The Kier molecular flexibility index (Phi) is 6.95. The summed E-state index contributed by atoms with van der Waals surface area (Å²) >= 11 is 7.77. The van der Waals surface area contributed by atoms with E-state index in [4.69, 9.17) is 11.6 Å². The van der Waals surface area contributed by atoms with Crippen molar-refractivity contribution in [3.63, 3.8) is 0 Å². The van der Waals surface area contributed by atoms with Gasteiger partial charge in [0.25, 0.3) is 0 Å². The largest absolute Gasteiger partial charge is 0.359 e. The minimum atomic E-state index is 0.523. The summed E-state index contributed by atoms with van der Waals surface area (Å²) in [5.41, 5.74) is 8.76. The third kappa shape index (κ3) is 5.67. The molecule has 0 bridgehead atoms. The van der Waals surface area contributed by atoms with Crippen LogP contribution in [0, 0.1) is 0 Å². The second-order valence-electron chi connectivity index (χ2n) is 7.38. The van der Waals surface area contributed by atoms with Crippen molar-refractivity contribution in [1.82, 2.24) is 9.88 Å². The number of aromatic nitrogens is 1. The second-order valence-corrected chi connectivity index (χ2v) is 8.62. The highest BCUT2D eigenvalue weighted by Crippen LogP contribution is 2.32. The quantitative estimate of drug-likeness (QED) is 0.288. The van der Waals surface area contributed by atoms with Crippen LogP contribution >= 0.6 is 23.4 Å². The molecule has 0 amide bonds. The van der Waals surface area contributed by atoms with Crippen molar-refractivity contribution in [3.8, 4) is 0 Å². The number of halogens is 1. The first kappa shape index (κ1) is 20.1. The average molecular weight is 421 g/mol. The molecule has 29 heavy (non-hydrogen) atoms. The second kappa shape index (κ2) is 10.0. The van der Waals surface area contributed by atoms with E-state index in [1.54, 1.807) is 23.5 Å². The van der Waals surface area contributed by atoms with Gasteiger partial charge in [-0.25, -0.2) is 4.98 Å². The third-order valence-electron chi connectivity index (χ3n) is 5.34. The molecule has 0 N–H and O–H groups in total. The van der Waals surface area contributed by atoms with Gasteiger partial charge in [0.15, 0.2) is 0 Å². The number of hydrogen-bond acceptors (Lipinski definition) is 3. The van der Waals surface area contributed by atoms with Crippen molar-refractivity contribution in [2.45, 2.75) is 32.1 Å². The first-order chi connectivity index (χ1) is 14.3. The summed E-state index contributed by atoms with van der Waals surface area (Å²) in [5.74, 6) is 0. The van der Waals surface area contributed by atoms with Gasteiger partial charge in [0, 0.05) is 19.3 Å². The molecule has 2 aliphatic heterocycles. The van der Waals surface area contributed by atoms with Gasteiger partial charge in [-0.05, 0) is 72.4 Å². The molecular weight excluding hydrogens is 396 g/mol. The minimum absolute atomic E-state index is 0.523. The van der Waals surface area contributed by atoms with E-state index in [2.05, 4.69) is 63.5 Å². The van der Waals surface area contributed by atoms with Gasteiger partial charge in [-0.15, -0.1) is 0 Å². The molecule has 2 aromatic rings. The van der Waals surface area contributed by atoms with Crippen molar-refractivity contribution < 1.29 is 0 Å². The van der Waals surface area contributed by atoms with Crippen molar-refractivity contribution in [1.29, 1.82) is 0 Å². The lowest BCUT2D eigenvalue weighted by Gasteiger charge is -2.24. The van der Waals surface area contributed by atoms with Crippen LogP contribution < -0.4 is 0 Å². The maximum atomic E-state index is 6.02. The normalized spacial score (nSPS) is 16.7. The lowest BCUT2D eigenvalue weighted by atomic mass is 10.0. The summed E-state index contributed by atoms with van der Waals surface area (Å²) in [7, 11) is 0. The monoisotopic (exact) mass is 420 g/mol. The Labute approximate surface area is 182 Å². The third-order valence-corrected chi connectivity index (χ3v) is 6.51. The number of nitrogens with zero attached hydrogens (tertiary/aromatic N) is 2. The van der Waals surface area contributed by atoms with E-state index < -0.39 is 0 Å². The number of benzene rings is 1. The van der Waals surface area contributed by atoms with Gasteiger partial charge in [-0.3, -0.25) is 0 Å². The van der Waals surface area contributed by atoms with Gasteiger partial charge in [0.05, 0.1) is 0 Å². The topological polar surface area (TPSA) is 16.1 Å². The number of hydrogen-bond donors (Lipinski definition) is 0. The van der Waals surface area contributed by atoms with Crippen molar-refractivity contribution in [2.24, 2.45) is 0 Å². The van der Waals surface area contributed by atoms with Gasteiger partial charge in [-0.1, -0.05) is 71.1 Å². The van der Waals surface area contributed by atoms with E-state index in [0.717, 1.165) is 43.5 Å². The Morgan fingerprint density at radius 3 is 2.79 bits per heavy atom. The van der Waals surface area contributed by atoms with Gasteiger partial charge >= 0.3 is 0 Å². The maximum Gasteiger partial charge on any atom is 0.129 e. The van der Waals surface area contributed by atoms with Gasteiger partial charge < -0.3 is 4.90 Å². The molecule has 1 aromatic heterocycles. The zero-order valence-electron chi connectivity index (χ0n) is 16.5. The summed E-state index contributed by atoms with van der Waals surface area (Å²) in [6, 6.07) is 14.7. The van der Waals surface area contributed by atoms with Crippen molar-refractivity contribution in [3.05, 3.63) is 98.8 Å². The molecule has 2 nitrogen and oxygen atoms in total. The van der Waals surface area contributed by atoms with Crippen LogP contribution in [0.15, 0.2) is 82.6 Å². The number of allylic oxidation sites excluding steroid dienone is 2. The zero-order chi connectivity index (χ0) is 19.9. The van der Waals surface area contributed by atoms with Crippen molar-refractivity contribution >= 4 is 28.9 Å². The molecule has 0 saturated heterocycles. The number of pyridine rings is 1. The lowest BCUT2D eigenvalue weighted by molar-refractivity contribution is 0.386. The Morgan fingerprint density at radius 1 is 1.10 bits per heavy atom. The molecule has 2 aliphatic rings. The Balaban J connectivity index is 1.30. The van der Waals surface area contributed by atoms with E-state index >= 15 is 0 Å². The van der Waals surface area contributed by atoms with Crippen LogP contribution in [-0.4, -0.2) is 23.0 Å². The van der Waals surface area contributed by atoms with Crippen LogP contribution in [0.5, 0.6) is 0 Å². The van der Waals surface area contributed by atoms with Crippen LogP contribution in [0.3, 0.4) is 0 Å². The molecule has 0 fully saturated rings. The summed E-state index contributed by atoms with van der Waals surface area (Å²) in [6.45, 7) is 2.14. The first-order valence-corrected chi connectivity index (χ1v) is 11.5. The molecule has 4 rings (SSSR count). The number of aryl methyl sites for hydroxylation is 1. The van der Waals surface area contributed by atoms with Gasteiger partial charge in [0.1, 0.15) is 10.2 Å². The SMILES string of the molecule is Clc1cc(C2=CSC(N3CCC=C(CCCc4ccccc4)CC3)=C=C2)ccn1. The molecule has 4 heteroatoms. The fourth-order valence-corrected chi connectivity index (χ4v) is 4.81. The molecule has 3 heterocycles. The Hall–Kier alpha value is -2.19. The zero-order valence-corrected chi connectivity index (χ0v) is 18.1. The summed E-state index contributed by atoms with van der Waals surface area (Å²) in [6.07, 6.45) is 12.1. The minimum Gasteiger partial charge on any atom is -0.359 e. The summed E-state index contributed by atoms with van der Waals surface area (Å²) < 4.78 is 0. The maximum absolute atomic E-state index is 6.02. The van der Waals surface area contributed by atoms with Crippen molar-refractivity contribution in [2.75, 3.05) is 13.1 Å². The molecule has 0 atom stereocenters. The molecule has 0 aliphatic carbocycles. The Bertz CT molecular complexity index is 971. The van der Waals surface area contributed by atoms with Crippen LogP contribution in [0.1, 0.15) is 36.8 Å². The summed E-state index contributed by atoms with van der Waals surface area (Å²) in [5, 5.41) is 3.93. The molecule has 0 spiro atoms. The molecule has 1 aromatic carbocycles. The predicted octanol–water partition coefficient (Wildman–Crippen LogP) is 6.86. The first-order valence-electron chi connectivity index (χ1n) is 10.2. The fourth-order valence-electron chi connectivity index (χ4n) is 3.74. The van der Waals surface area contributed by atoms with Gasteiger partial charge in [-0.2, -0.15) is 0 Å². The average Bonchev–Trinajstić information content (AvgIpc) is 3.00. The summed E-state index contributed by atoms with van der Waals surface area (Å²) in [4.78, 5) is 6.52. The molecule has 148 valence electrons. The van der Waals surface area contributed by atoms with E-state index in [1.165, 1.54) is 23.4 Å². The lowest BCUT2D eigenvalue weighted by Crippen LogP contribution is -2.22. The van der Waals surface area contributed by atoms with E-state index in [9.17, 15) is 0 Å². The molecule has 0 radical (unpaired) electrons. The predicted molar refractivity (Wildman–Crippen MR) is 125 cm³/mol. The van der Waals surface area contributed by atoms with Crippen LogP contribution in [-0.2, 0) is 6.42 Å². The van der Waals surface area contributed by atoms with E-state index in [1.807, 2.05) is 12.1 Å². The molecule has 0 saturated carbocycles. The highest BCUT2D eigenvalue weighted by molar-refractivity contribution is 8.05.